The van der Waals surface area contributed by atoms with Crippen LogP contribution in [0.15, 0.2) is 16.6 Å². The average Bonchev–Trinajstić information content (AvgIpc) is 2.47. The molecule has 0 saturated carbocycles. The summed E-state index contributed by atoms with van der Waals surface area (Å²) in [5, 5.41) is 10.8. The molecule has 74 valence electrons. The Morgan fingerprint density at radius 3 is 2.93 bits per heavy atom. The lowest BCUT2D eigenvalue weighted by atomic mass is 10.1. The minimum absolute atomic E-state index is 0.0544. The molecule has 0 radical (unpaired) electrons. The highest BCUT2D eigenvalue weighted by atomic mass is 79.9. The number of nitrogens with two attached hydrogens (primary N) is 1. The minimum Gasteiger partial charge on any atom is -0.324 e. The number of hydrogen-bond acceptors (Lipinski definition) is 3. The van der Waals surface area contributed by atoms with E-state index in [1.54, 1.807) is 0 Å². The van der Waals surface area contributed by atoms with E-state index in [-0.39, 0.29) is 16.7 Å². The van der Waals surface area contributed by atoms with Crippen molar-refractivity contribution in [2.24, 2.45) is 5.73 Å². The van der Waals surface area contributed by atoms with Gasteiger partial charge in [0.1, 0.15) is 0 Å². The molecule has 4 nitrogen and oxygen atoms in total. The van der Waals surface area contributed by atoms with Gasteiger partial charge in [-0.1, -0.05) is 15.9 Å². The van der Waals surface area contributed by atoms with Crippen molar-refractivity contribution >= 4 is 21.6 Å². The number of halogens is 1. The normalized spacial score (nSPS) is 19.4. The highest BCUT2D eigenvalue weighted by Gasteiger charge is 2.27. The summed E-state index contributed by atoms with van der Waals surface area (Å²) in [5.74, 6) is 0. The molecule has 2 N–H and O–H groups in total. The summed E-state index contributed by atoms with van der Waals surface area (Å²) in [6.45, 7) is 0. The van der Waals surface area contributed by atoms with Gasteiger partial charge in [0.2, 0.25) is 0 Å². The van der Waals surface area contributed by atoms with Crippen LogP contribution in [0.4, 0.5) is 5.69 Å². The summed E-state index contributed by atoms with van der Waals surface area (Å²) in [6, 6.07) is 3.36. The third-order valence-corrected chi connectivity index (χ3v) is 2.98. The molecule has 1 aliphatic carbocycles. The maximum atomic E-state index is 10.8. The van der Waals surface area contributed by atoms with E-state index in [9.17, 15) is 10.1 Å². The lowest BCUT2D eigenvalue weighted by Crippen LogP contribution is -2.05. The molecule has 1 aromatic carbocycles. The Morgan fingerprint density at radius 1 is 1.57 bits per heavy atom. The molecule has 1 atom stereocenters. The van der Waals surface area contributed by atoms with Crippen LogP contribution < -0.4 is 5.73 Å². The van der Waals surface area contributed by atoms with Crippen LogP contribution in [-0.4, -0.2) is 4.92 Å². The summed E-state index contributed by atoms with van der Waals surface area (Å²) in [5.41, 5.74) is 7.73. The molecular formula is C9H9BrN2O2. The molecular weight excluding hydrogens is 248 g/mol. The first-order valence-corrected chi connectivity index (χ1v) is 5.11. The topological polar surface area (TPSA) is 69.2 Å². The molecule has 0 heterocycles. The predicted molar refractivity (Wildman–Crippen MR) is 56.0 cm³/mol. The number of hydrogen-bond donors (Lipinski definition) is 1. The van der Waals surface area contributed by atoms with Gasteiger partial charge < -0.3 is 5.73 Å². The highest BCUT2D eigenvalue weighted by molar-refractivity contribution is 9.10. The lowest BCUT2D eigenvalue weighted by molar-refractivity contribution is -0.385. The van der Waals surface area contributed by atoms with Gasteiger partial charge in [-0.2, -0.15) is 0 Å². The molecule has 14 heavy (non-hydrogen) atoms. The number of nitro benzene ring substituents is 1. The number of nitro groups is 1. The second kappa shape index (κ2) is 3.33. The molecule has 0 aliphatic heterocycles. The Bertz CT molecular complexity index is 406. The average molecular weight is 257 g/mol. The largest absolute Gasteiger partial charge is 0.324 e. The molecule has 2 rings (SSSR count). The summed E-state index contributed by atoms with van der Waals surface area (Å²) in [4.78, 5) is 10.4. The van der Waals surface area contributed by atoms with Crippen LogP contribution in [0.2, 0.25) is 0 Å². The monoisotopic (exact) mass is 256 g/mol. The molecule has 0 aromatic heterocycles. The first-order chi connectivity index (χ1) is 6.59. The molecule has 0 fully saturated rings. The lowest BCUT2D eigenvalue weighted by Gasteiger charge is -2.05. The van der Waals surface area contributed by atoms with Crippen LogP contribution in [0.1, 0.15) is 23.6 Å². The molecule has 1 aromatic rings. The molecule has 0 saturated heterocycles. The third kappa shape index (κ3) is 1.42. The fraction of sp³-hybridized carbons (Fsp3) is 0.333. The van der Waals surface area contributed by atoms with Gasteiger partial charge in [0, 0.05) is 22.1 Å². The van der Waals surface area contributed by atoms with Gasteiger partial charge in [0.05, 0.1) is 4.92 Å². The highest BCUT2D eigenvalue weighted by Crippen LogP contribution is 2.37. The Morgan fingerprint density at radius 2 is 2.29 bits per heavy atom. The quantitative estimate of drug-likeness (QED) is 0.619. The first kappa shape index (κ1) is 9.61. The third-order valence-electron chi connectivity index (χ3n) is 2.53. The van der Waals surface area contributed by atoms with Crippen LogP contribution in [0.25, 0.3) is 0 Å². The second-order valence-electron chi connectivity index (χ2n) is 3.39. The Labute approximate surface area is 89.4 Å². The maximum absolute atomic E-state index is 10.8. The fourth-order valence-corrected chi connectivity index (χ4v) is 2.33. The van der Waals surface area contributed by atoms with Crippen LogP contribution in [0.5, 0.6) is 0 Å². The molecule has 0 amide bonds. The summed E-state index contributed by atoms with van der Waals surface area (Å²) < 4.78 is 0.723. The first-order valence-electron chi connectivity index (χ1n) is 4.32. The van der Waals surface area contributed by atoms with Crippen LogP contribution in [0.3, 0.4) is 0 Å². The van der Waals surface area contributed by atoms with Crippen LogP contribution in [-0.2, 0) is 6.42 Å². The predicted octanol–water partition coefficient (Wildman–Crippen LogP) is 2.30. The zero-order valence-electron chi connectivity index (χ0n) is 7.37. The van der Waals surface area contributed by atoms with Gasteiger partial charge in [0.25, 0.3) is 5.69 Å². The van der Waals surface area contributed by atoms with Crippen molar-refractivity contribution in [1.29, 1.82) is 0 Å². The maximum Gasteiger partial charge on any atom is 0.274 e. The van der Waals surface area contributed by atoms with E-state index >= 15 is 0 Å². The number of rotatable bonds is 1. The van der Waals surface area contributed by atoms with Gasteiger partial charge in [-0.05, 0) is 24.5 Å². The van der Waals surface area contributed by atoms with E-state index < -0.39 is 0 Å². The van der Waals surface area contributed by atoms with Crippen LogP contribution in [0, 0.1) is 10.1 Å². The number of fused-ring (bicyclic) bond motifs is 1. The number of benzene rings is 1. The Kier molecular flexibility index (Phi) is 2.28. The van der Waals surface area contributed by atoms with Gasteiger partial charge >= 0.3 is 0 Å². The van der Waals surface area contributed by atoms with Crippen molar-refractivity contribution in [2.75, 3.05) is 0 Å². The molecule has 0 bridgehead atoms. The molecule has 1 unspecified atom stereocenters. The van der Waals surface area contributed by atoms with Crippen LogP contribution >= 0.6 is 15.9 Å². The SMILES string of the molecule is NC1CCc2c1cc(Br)cc2[N+](=O)[O-]. The van der Waals surface area contributed by atoms with Gasteiger partial charge in [-0.3, -0.25) is 10.1 Å². The summed E-state index contributed by atoms with van der Waals surface area (Å²) in [6.07, 6.45) is 1.51. The minimum atomic E-state index is -0.346. The zero-order valence-corrected chi connectivity index (χ0v) is 8.95. The van der Waals surface area contributed by atoms with Crippen molar-refractivity contribution < 1.29 is 4.92 Å². The number of nitrogens with zero attached hydrogens (tertiary/aromatic N) is 1. The van der Waals surface area contributed by atoms with Crippen molar-refractivity contribution in [2.45, 2.75) is 18.9 Å². The smallest absolute Gasteiger partial charge is 0.274 e. The van der Waals surface area contributed by atoms with Crippen molar-refractivity contribution in [3.63, 3.8) is 0 Å². The molecule has 5 heteroatoms. The van der Waals surface area contributed by atoms with Gasteiger partial charge in [-0.15, -0.1) is 0 Å². The zero-order chi connectivity index (χ0) is 10.3. The second-order valence-corrected chi connectivity index (χ2v) is 4.31. The standard InChI is InChI=1S/C9H9BrN2O2/c10-5-3-7-6(1-2-8(7)11)9(4-5)12(13)14/h3-4,8H,1-2,11H2. The summed E-state index contributed by atoms with van der Waals surface area (Å²) in [7, 11) is 0. The van der Waals surface area contributed by atoms with Crippen molar-refractivity contribution in [3.8, 4) is 0 Å². The molecule has 0 spiro atoms. The van der Waals surface area contributed by atoms with E-state index in [0.29, 0.717) is 6.42 Å². The van der Waals surface area contributed by atoms with E-state index in [0.717, 1.165) is 22.0 Å². The Hall–Kier alpha value is -0.940. The van der Waals surface area contributed by atoms with Crippen molar-refractivity contribution in [3.05, 3.63) is 37.8 Å². The van der Waals surface area contributed by atoms with Gasteiger partial charge in [-0.25, -0.2) is 0 Å². The fourth-order valence-electron chi connectivity index (χ4n) is 1.86. The Balaban J connectivity index is 2.63. The van der Waals surface area contributed by atoms with E-state index in [1.807, 2.05) is 6.07 Å². The summed E-state index contributed by atoms with van der Waals surface area (Å²) >= 11 is 3.25. The van der Waals surface area contributed by atoms with E-state index in [4.69, 9.17) is 5.73 Å². The molecule has 1 aliphatic rings. The van der Waals surface area contributed by atoms with Crippen molar-refractivity contribution in [1.82, 2.24) is 0 Å². The van der Waals surface area contributed by atoms with Gasteiger partial charge in [0.15, 0.2) is 0 Å². The van der Waals surface area contributed by atoms with E-state index in [2.05, 4.69) is 15.9 Å². The van der Waals surface area contributed by atoms with E-state index in [1.165, 1.54) is 6.07 Å².